The molecule has 108 valence electrons. The molecule has 1 aromatic carbocycles. The first-order valence-corrected chi connectivity index (χ1v) is 7.75. The van der Waals surface area contributed by atoms with Crippen molar-refractivity contribution in [2.75, 3.05) is 13.1 Å². The van der Waals surface area contributed by atoms with Crippen molar-refractivity contribution in [2.24, 2.45) is 5.73 Å². The van der Waals surface area contributed by atoms with E-state index < -0.39 is 10.0 Å². The minimum absolute atomic E-state index is 0. The molecular formula is C12H18Cl2N2O2S. The minimum Gasteiger partial charge on any atom is -0.327 e. The molecule has 1 fully saturated rings. The molecule has 1 aromatic rings. The number of sulfonamides is 1. The van der Waals surface area contributed by atoms with E-state index in [4.69, 9.17) is 17.3 Å². The molecule has 0 unspecified atom stereocenters. The molecular weight excluding hydrogens is 307 g/mol. The van der Waals surface area contributed by atoms with E-state index >= 15 is 0 Å². The van der Waals surface area contributed by atoms with Gasteiger partial charge < -0.3 is 5.73 Å². The van der Waals surface area contributed by atoms with Gasteiger partial charge >= 0.3 is 0 Å². The quantitative estimate of drug-likeness (QED) is 0.906. The number of benzene rings is 1. The highest BCUT2D eigenvalue weighted by Gasteiger charge is 2.30. The van der Waals surface area contributed by atoms with Crippen LogP contribution in [0.2, 0.25) is 5.02 Å². The average Bonchev–Trinajstić information content (AvgIpc) is 2.32. The normalized spacial score (nSPS) is 20.9. The van der Waals surface area contributed by atoms with Crippen molar-refractivity contribution in [1.29, 1.82) is 0 Å². The van der Waals surface area contributed by atoms with E-state index in [1.807, 2.05) is 0 Å². The number of hydrogen-bond donors (Lipinski definition) is 1. The van der Waals surface area contributed by atoms with Crippen LogP contribution in [0.25, 0.3) is 0 Å². The zero-order valence-electron chi connectivity index (χ0n) is 10.7. The van der Waals surface area contributed by atoms with Gasteiger partial charge in [-0.2, -0.15) is 4.31 Å². The monoisotopic (exact) mass is 324 g/mol. The highest BCUT2D eigenvalue weighted by molar-refractivity contribution is 7.89. The number of piperidine rings is 1. The van der Waals surface area contributed by atoms with Crippen LogP contribution in [0.3, 0.4) is 0 Å². The van der Waals surface area contributed by atoms with Gasteiger partial charge in [0.1, 0.15) is 0 Å². The average molecular weight is 325 g/mol. The van der Waals surface area contributed by atoms with Crippen LogP contribution in [0.1, 0.15) is 18.4 Å². The maximum atomic E-state index is 12.5. The summed E-state index contributed by atoms with van der Waals surface area (Å²) in [6.45, 7) is 2.63. The van der Waals surface area contributed by atoms with Gasteiger partial charge in [0, 0.05) is 24.2 Å². The lowest BCUT2D eigenvalue weighted by molar-refractivity contribution is 0.316. The molecule has 1 heterocycles. The molecule has 2 N–H and O–H groups in total. The Labute approximate surface area is 125 Å². The van der Waals surface area contributed by atoms with Crippen LogP contribution in [-0.2, 0) is 10.0 Å². The molecule has 0 saturated carbocycles. The molecule has 1 saturated heterocycles. The Balaban J connectivity index is 0.00000180. The van der Waals surface area contributed by atoms with Gasteiger partial charge in [-0.05, 0) is 37.5 Å². The molecule has 0 amide bonds. The molecule has 19 heavy (non-hydrogen) atoms. The summed E-state index contributed by atoms with van der Waals surface area (Å²) in [6.07, 6.45) is 1.68. The molecule has 0 aliphatic carbocycles. The lowest BCUT2D eigenvalue weighted by Crippen LogP contribution is -2.45. The predicted molar refractivity (Wildman–Crippen MR) is 79.4 cm³/mol. The smallest absolute Gasteiger partial charge is 0.243 e. The Morgan fingerprint density at radius 1 is 1.42 bits per heavy atom. The van der Waals surface area contributed by atoms with Crippen molar-refractivity contribution in [3.8, 4) is 0 Å². The topological polar surface area (TPSA) is 63.4 Å². The van der Waals surface area contributed by atoms with Crippen molar-refractivity contribution >= 4 is 34.0 Å². The molecule has 1 aliphatic heterocycles. The molecule has 0 spiro atoms. The van der Waals surface area contributed by atoms with Gasteiger partial charge in [0.15, 0.2) is 0 Å². The van der Waals surface area contributed by atoms with Gasteiger partial charge in [0.2, 0.25) is 10.0 Å². The summed E-state index contributed by atoms with van der Waals surface area (Å²) in [5.41, 5.74) is 6.43. The summed E-state index contributed by atoms with van der Waals surface area (Å²) in [7, 11) is -3.48. The van der Waals surface area contributed by atoms with Gasteiger partial charge in [-0.3, -0.25) is 0 Å². The maximum Gasteiger partial charge on any atom is 0.243 e. The Morgan fingerprint density at radius 3 is 2.74 bits per heavy atom. The van der Waals surface area contributed by atoms with Crippen molar-refractivity contribution in [3.05, 3.63) is 28.8 Å². The Kier molecular flexibility index (Phi) is 5.65. The fourth-order valence-corrected chi connectivity index (χ4v) is 4.21. The summed E-state index contributed by atoms with van der Waals surface area (Å²) < 4.78 is 26.5. The number of halogens is 2. The molecule has 0 aromatic heterocycles. The second-order valence-corrected chi connectivity index (χ2v) is 6.94. The first-order valence-electron chi connectivity index (χ1n) is 5.94. The maximum absolute atomic E-state index is 12.5. The lowest BCUT2D eigenvalue weighted by Gasteiger charge is -2.30. The van der Waals surface area contributed by atoms with Crippen LogP contribution in [0, 0.1) is 6.92 Å². The number of hydrogen-bond acceptors (Lipinski definition) is 3. The third kappa shape index (κ3) is 3.41. The molecule has 4 nitrogen and oxygen atoms in total. The summed E-state index contributed by atoms with van der Waals surface area (Å²) >= 11 is 5.98. The zero-order chi connectivity index (χ0) is 13.3. The van der Waals surface area contributed by atoms with Crippen LogP contribution in [-0.4, -0.2) is 31.9 Å². The van der Waals surface area contributed by atoms with Crippen LogP contribution < -0.4 is 5.73 Å². The summed E-state index contributed by atoms with van der Waals surface area (Å²) in [6, 6.07) is 4.87. The van der Waals surface area contributed by atoms with E-state index in [1.165, 1.54) is 4.31 Å². The van der Waals surface area contributed by atoms with Crippen molar-refractivity contribution in [3.63, 3.8) is 0 Å². The van der Waals surface area contributed by atoms with Gasteiger partial charge in [-0.25, -0.2) is 8.42 Å². The Bertz CT molecular complexity index is 549. The molecule has 0 bridgehead atoms. The predicted octanol–water partition coefficient (Wildman–Crippen LogP) is 2.18. The van der Waals surface area contributed by atoms with Gasteiger partial charge in [0.05, 0.1) is 4.90 Å². The van der Waals surface area contributed by atoms with Crippen molar-refractivity contribution < 1.29 is 8.42 Å². The first-order chi connectivity index (χ1) is 8.43. The Morgan fingerprint density at radius 2 is 2.11 bits per heavy atom. The van der Waals surface area contributed by atoms with Gasteiger partial charge in [0.25, 0.3) is 0 Å². The van der Waals surface area contributed by atoms with Crippen LogP contribution in [0.5, 0.6) is 0 Å². The molecule has 7 heteroatoms. The lowest BCUT2D eigenvalue weighted by atomic mass is 10.1. The van der Waals surface area contributed by atoms with E-state index in [-0.39, 0.29) is 23.3 Å². The summed E-state index contributed by atoms with van der Waals surface area (Å²) in [5.74, 6) is 0. The number of nitrogens with two attached hydrogens (primary N) is 1. The van der Waals surface area contributed by atoms with Crippen molar-refractivity contribution in [2.45, 2.75) is 30.7 Å². The largest absolute Gasteiger partial charge is 0.327 e. The number of rotatable bonds is 2. The van der Waals surface area contributed by atoms with E-state index in [9.17, 15) is 8.42 Å². The molecule has 2 rings (SSSR count). The third-order valence-corrected chi connectivity index (χ3v) is 5.68. The minimum atomic E-state index is -3.48. The first kappa shape index (κ1) is 16.7. The fraction of sp³-hybridized carbons (Fsp3) is 0.500. The van der Waals surface area contributed by atoms with Crippen LogP contribution in [0.15, 0.2) is 23.1 Å². The van der Waals surface area contributed by atoms with E-state index in [1.54, 1.807) is 25.1 Å². The molecule has 1 atom stereocenters. The standard InChI is InChI=1S/C12H17ClN2O2S.ClH/c1-9-11(13)5-2-6-12(9)18(16,17)15-7-3-4-10(14)8-15;/h2,5-6,10H,3-4,7-8,14H2,1H3;1H/t10-;/m1./s1. The van der Waals surface area contributed by atoms with E-state index in [0.717, 1.165) is 12.8 Å². The second-order valence-electron chi connectivity index (χ2n) is 4.63. The third-order valence-electron chi connectivity index (χ3n) is 3.26. The second kappa shape index (κ2) is 6.41. The Hall–Kier alpha value is -0.330. The molecule has 1 aliphatic rings. The van der Waals surface area contributed by atoms with Crippen LogP contribution in [0.4, 0.5) is 0 Å². The summed E-state index contributed by atoms with van der Waals surface area (Å²) in [4.78, 5) is 0.282. The highest BCUT2D eigenvalue weighted by Crippen LogP contribution is 2.27. The van der Waals surface area contributed by atoms with Gasteiger partial charge in [-0.1, -0.05) is 17.7 Å². The SMILES string of the molecule is Cc1c(Cl)cccc1S(=O)(=O)N1CCC[C@@H](N)C1.Cl. The van der Waals surface area contributed by atoms with E-state index in [2.05, 4.69) is 0 Å². The molecule has 0 radical (unpaired) electrons. The van der Waals surface area contributed by atoms with Crippen LogP contribution >= 0.6 is 24.0 Å². The fourth-order valence-electron chi connectivity index (χ4n) is 2.20. The van der Waals surface area contributed by atoms with Gasteiger partial charge in [-0.15, -0.1) is 12.4 Å². The van der Waals surface area contributed by atoms with Crippen molar-refractivity contribution in [1.82, 2.24) is 4.31 Å². The number of nitrogens with zero attached hydrogens (tertiary/aromatic N) is 1. The van der Waals surface area contributed by atoms with E-state index in [0.29, 0.717) is 23.7 Å². The highest BCUT2D eigenvalue weighted by atomic mass is 35.5. The zero-order valence-corrected chi connectivity index (χ0v) is 13.1. The summed E-state index contributed by atoms with van der Waals surface area (Å²) in [5, 5.41) is 0.470.